The van der Waals surface area contributed by atoms with Crippen LogP contribution in [0.25, 0.3) is 0 Å². The molecule has 0 aliphatic carbocycles. The van der Waals surface area contributed by atoms with Gasteiger partial charge in [0.05, 0.1) is 12.8 Å². The molecule has 2 aromatic rings. The number of hydrogen-bond donors (Lipinski definition) is 2. The monoisotopic (exact) mass is 341 g/mol. The van der Waals surface area contributed by atoms with Crippen LogP contribution >= 0.6 is 0 Å². The van der Waals surface area contributed by atoms with Crippen molar-refractivity contribution in [2.24, 2.45) is 0 Å². The van der Waals surface area contributed by atoms with Crippen molar-refractivity contribution < 1.29 is 14.3 Å². The molecule has 2 N–H and O–H groups in total. The summed E-state index contributed by atoms with van der Waals surface area (Å²) in [6, 6.07) is 13.8. The molecule has 2 rings (SSSR count). The number of urea groups is 1. The molecule has 0 fully saturated rings. The van der Waals surface area contributed by atoms with Crippen molar-refractivity contribution in [2.75, 3.05) is 30.8 Å². The summed E-state index contributed by atoms with van der Waals surface area (Å²) < 4.78 is 5.22. The summed E-state index contributed by atoms with van der Waals surface area (Å²) in [5.41, 5.74) is 1.74. The lowest BCUT2D eigenvalue weighted by molar-refractivity contribution is 0.102. The zero-order valence-corrected chi connectivity index (χ0v) is 14.7. The zero-order chi connectivity index (χ0) is 18.2. The van der Waals surface area contributed by atoms with Gasteiger partial charge >= 0.3 is 6.03 Å². The van der Waals surface area contributed by atoms with Gasteiger partial charge in [0, 0.05) is 24.3 Å². The molecular formula is C19H23N3O3. The predicted octanol–water partition coefficient (Wildman–Crippen LogP) is 3.82. The first-order valence-electron chi connectivity index (χ1n) is 8.19. The predicted molar refractivity (Wildman–Crippen MR) is 99.3 cm³/mol. The molecule has 0 aromatic heterocycles. The van der Waals surface area contributed by atoms with Gasteiger partial charge in [0.25, 0.3) is 5.91 Å². The van der Waals surface area contributed by atoms with Crippen LogP contribution in [0.2, 0.25) is 0 Å². The van der Waals surface area contributed by atoms with Crippen molar-refractivity contribution in [3.8, 4) is 5.75 Å². The number of benzene rings is 2. The minimum Gasteiger partial charge on any atom is -0.495 e. The third-order valence-electron chi connectivity index (χ3n) is 3.80. The van der Waals surface area contributed by atoms with Crippen molar-refractivity contribution in [3.05, 3.63) is 54.1 Å². The first-order chi connectivity index (χ1) is 12.1. The lowest BCUT2D eigenvalue weighted by Crippen LogP contribution is -2.34. The molecule has 25 heavy (non-hydrogen) atoms. The Morgan fingerprint density at radius 1 is 0.960 bits per heavy atom. The van der Waals surface area contributed by atoms with Gasteiger partial charge in [-0.1, -0.05) is 12.1 Å². The fraction of sp³-hybridized carbons (Fsp3) is 0.263. The Bertz CT molecular complexity index is 725. The van der Waals surface area contributed by atoms with E-state index in [4.69, 9.17) is 4.74 Å². The second-order valence-electron chi connectivity index (χ2n) is 5.33. The average molecular weight is 341 g/mol. The van der Waals surface area contributed by atoms with Gasteiger partial charge in [-0.3, -0.25) is 4.79 Å². The Morgan fingerprint density at radius 3 is 2.20 bits per heavy atom. The molecule has 0 spiro atoms. The smallest absolute Gasteiger partial charge is 0.321 e. The highest BCUT2D eigenvalue weighted by Gasteiger charge is 2.11. The molecule has 2 aromatic carbocycles. The van der Waals surface area contributed by atoms with E-state index < -0.39 is 0 Å². The Kier molecular flexibility index (Phi) is 6.39. The molecule has 0 radical (unpaired) electrons. The van der Waals surface area contributed by atoms with Crippen LogP contribution < -0.4 is 15.4 Å². The third kappa shape index (κ3) is 4.73. The molecule has 0 aliphatic rings. The Balaban J connectivity index is 2.04. The highest BCUT2D eigenvalue weighted by Crippen LogP contribution is 2.23. The fourth-order valence-corrected chi connectivity index (χ4v) is 2.36. The van der Waals surface area contributed by atoms with Crippen molar-refractivity contribution >= 4 is 23.3 Å². The number of rotatable bonds is 6. The standard InChI is InChI=1S/C19H23N3O3/c1-4-22(5-2)19(24)20-15-12-10-14(11-13-15)18(23)21-16-8-6-7-9-17(16)25-3/h6-13H,4-5H2,1-3H3,(H,20,24)(H,21,23). The van der Waals surface area contributed by atoms with Gasteiger partial charge in [-0.15, -0.1) is 0 Å². The second-order valence-corrected chi connectivity index (χ2v) is 5.33. The van der Waals surface area contributed by atoms with Gasteiger partial charge in [0.15, 0.2) is 0 Å². The number of para-hydroxylation sites is 2. The number of nitrogens with one attached hydrogen (secondary N) is 2. The Hall–Kier alpha value is -3.02. The minimum absolute atomic E-state index is 0.156. The molecule has 0 unspecified atom stereocenters. The van der Waals surface area contributed by atoms with Crippen molar-refractivity contribution in [2.45, 2.75) is 13.8 Å². The second kappa shape index (κ2) is 8.73. The summed E-state index contributed by atoms with van der Waals surface area (Å²) in [4.78, 5) is 26.1. The van der Waals surface area contributed by atoms with Gasteiger partial charge in [-0.05, 0) is 50.2 Å². The average Bonchev–Trinajstić information content (AvgIpc) is 2.63. The van der Waals surface area contributed by atoms with E-state index in [0.717, 1.165) is 0 Å². The quantitative estimate of drug-likeness (QED) is 0.839. The van der Waals surface area contributed by atoms with Crippen molar-refractivity contribution in [3.63, 3.8) is 0 Å². The maximum absolute atomic E-state index is 12.4. The van der Waals surface area contributed by atoms with Crippen LogP contribution in [0.4, 0.5) is 16.2 Å². The van der Waals surface area contributed by atoms with E-state index in [1.54, 1.807) is 48.4 Å². The van der Waals surface area contributed by atoms with Crippen LogP contribution in [0.1, 0.15) is 24.2 Å². The van der Waals surface area contributed by atoms with Crippen LogP contribution in [-0.4, -0.2) is 37.0 Å². The molecular weight excluding hydrogens is 318 g/mol. The lowest BCUT2D eigenvalue weighted by Gasteiger charge is -2.19. The number of nitrogens with zero attached hydrogens (tertiary/aromatic N) is 1. The van der Waals surface area contributed by atoms with Gasteiger partial charge in [-0.2, -0.15) is 0 Å². The van der Waals surface area contributed by atoms with E-state index in [1.165, 1.54) is 0 Å². The van der Waals surface area contributed by atoms with E-state index in [1.807, 2.05) is 26.0 Å². The number of methoxy groups -OCH3 is 1. The fourth-order valence-electron chi connectivity index (χ4n) is 2.36. The zero-order valence-electron chi connectivity index (χ0n) is 14.7. The normalized spacial score (nSPS) is 10.0. The first kappa shape index (κ1) is 18.3. The Labute approximate surface area is 147 Å². The van der Waals surface area contributed by atoms with Crippen LogP contribution in [0, 0.1) is 0 Å². The SMILES string of the molecule is CCN(CC)C(=O)Nc1ccc(C(=O)Nc2ccccc2OC)cc1. The first-order valence-corrected chi connectivity index (χ1v) is 8.19. The van der Waals surface area contributed by atoms with Gasteiger partial charge in [0.2, 0.25) is 0 Å². The molecule has 0 bridgehead atoms. The van der Waals surface area contributed by atoms with Crippen molar-refractivity contribution in [1.82, 2.24) is 4.90 Å². The summed E-state index contributed by atoms with van der Waals surface area (Å²) in [6.45, 7) is 5.13. The van der Waals surface area contributed by atoms with E-state index in [2.05, 4.69) is 10.6 Å². The summed E-state index contributed by atoms with van der Waals surface area (Å²) in [5.74, 6) is 0.352. The van der Waals surface area contributed by atoms with Crippen LogP contribution in [-0.2, 0) is 0 Å². The van der Waals surface area contributed by atoms with E-state index in [-0.39, 0.29) is 11.9 Å². The summed E-state index contributed by atoms with van der Waals surface area (Å²) in [5, 5.41) is 5.63. The summed E-state index contributed by atoms with van der Waals surface area (Å²) in [7, 11) is 1.55. The molecule has 132 valence electrons. The number of carbonyl (C=O) groups excluding carboxylic acids is 2. The van der Waals surface area contributed by atoms with Gasteiger partial charge in [-0.25, -0.2) is 4.79 Å². The molecule has 0 atom stereocenters. The van der Waals surface area contributed by atoms with Gasteiger partial charge in [0.1, 0.15) is 5.75 Å². The lowest BCUT2D eigenvalue weighted by atomic mass is 10.2. The molecule has 6 heteroatoms. The molecule has 3 amide bonds. The maximum Gasteiger partial charge on any atom is 0.321 e. The maximum atomic E-state index is 12.4. The number of carbonyl (C=O) groups is 2. The van der Waals surface area contributed by atoms with E-state index in [0.29, 0.717) is 35.8 Å². The Morgan fingerprint density at radius 2 is 1.60 bits per heavy atom. The highest BCUT2D eigenvalue weighted by atomic mass is 16.5. The topological polar surface area (TPSA) is 70.7 Å². The summed E-state index contributed by atoms with van der Waals surface area (Å²) >= 11 is 0. The molecule has 0 aliphatic heterocycles. The number of anilines is 2. The van der Waals surface area contributed by atoms with E-state index in [9.17, 15) is 9.59 Å². The minimum atomic E-state index is -0.244. The largest absolute Gasteiger partial charge is 0.495 e. The van der Waals surface area contributed by atoms with Gasteiger partial charge < -0.3 is 20.3 Å². The van der Waals surface area contributed by atoms with Crippen molar-refractivity contribution in [1.29, 1.82) is 0 Å². The molecule has 0 heterocycles. The number of ether oxygens (including phenoxy) is 1. The molecule has 0 saturated carbocycles. The third-order valence-corrected chi connectivity index (χ3v) is 3.80. The molecule has 6 nitrogen and oxygen atoms in total. The summed E-state index contributed by atoms with van der Waals surface area (Å²) in [6.07, 6.45) is 0. The molecule has 0 saturated heterocycles. The van der Waals surface area contributed by atoms with Crippen LogP contribution in [0.3, 0.4) is 0 Å². The van der Waals surface area contributed by atoms with Crippen LogP contribution in [0.5, 0.6) is 5.75 Å². The number of amides is 3. The van der Waals surface area contributed by atoms with E-state index >= 15 is 0 Å². The van der Waals surface area contributed by atoms with Crippen LogP contribution in [0.15, 0.2) is 48.5 Å². The number of hydrogen-bond acceptors (Lipinski definition) is 3. The highest BCUT2D eigenvalue weighted by molar-refractivity contribution is 6.05.